The van der Waals surface area contributed by atoms with E-state index in [1.807, 2.05) is 48.7 Å². The summed E-state index contributed by atoms with van der Waals surface area (Å²) in [6.45, 7) is 0. The number of allylic oxidation sites excluding steroid dienone is 1. The zero-order valence-corrected chi connectivity index (χ0v) is 19.6. The molecule has 0 unspecified atom stereocenters. The van der Waals surface area contributed by atoms with E-state index in [-0.39, 0.29) is 5.78 Å². The van der Waals surface area contributed by atoms with E-state index < -0.39 is 0 Å². The number of ketones is 1. The number of methoxy groups -OCH3 is 3. The fraction of sp³-hybridized carbons (Fsp3) is 0.115. The third-order valence-corrected chi connectivity index (χ3v) is 5.32. The Labute approximate surface area is 202 Å². The van der Waals surface area contributed by atoms with E-state index in [4.69, 9.17) is 30.9 Å². The van der Waals surface area contributed by atoms with Crippen LogP contribution in [0, 0.1) is 0 Å². The lowest BCUT2D eigenvalue weighted by Crippen LogP contribution is -1.97. The number of carbonyl (C=O) groups is 1. The first-order valence-electron chi connectivity index (χ1n) is 10.3. The zero-order chi connectivity index (χ0) is 24.1. The van der Waals surface area contributed by atoms with Crippen molar-refractivity contribution in [3.8, 4) is 34.2 Å². The fourth-order valence-corrected chi connectivity index (χ4v) is 3.55. The number of pyridine rings is 1. The van der Waals surface area contributed by atoms with Crippen molar-refractivity contribution in [1.82, 2.24) is 14.8 Å². The van der Waals surface area contributed by atoms with Crippen LogP contribution in [-0.4, -0.2) is 41.9 Å². The Morgan fingerprint density at radius 3 is 2.26 bits per heavy atom. The van der Waals surface area contributed by atoms with E-state index in [2.05, 4.69) is 4.98 Å². The average molecular weight is 476 g/mol. The van der Waals surface area contributed by atoms with Gasteiger partial charge in [0.2, 0.25) is 11.5 Å². The zero-order valence-electron chi connectivity index (χ0n) is 18.9. The van der Waals surface area contributed by atoms with Crippen LogP contribution in [0.25, 0.3) is 23.0 Å². The summed E-state index contributed by atoms with van der Waals surface area (Å²) in [5.74, 6) is 1.24. The number of para-hydroxylation sites is 1. The molecule has 0 saturated heterocycles. The lowest BCUT2D eigenvalue weighted by molar-refractivity contribution is 0.104. The molecule has 0 aliphatic carbocycles. The molecule has 8 heteroatoms. The molecule has 4 rings (SSSR count). The van der Waals surface area contributed by atoms with Gasteiger partial charge in [0.25, 0.3) is 0 Å². The third kappa shape index (κ3) is 4.79. The molecule has 0 saturated carbocycles. The summed E-state index contributed by atoms with van der Waals surface area (Å²) in [6, 6.07) is 16.5. The molecule has 2 aromatic carbocycles. The quantitative estimate of drug-likeness (QED) is 0.247. The van der Waals surface area contributed by atoms with Gasteiger partial charge in [0.05, 0.1) is 32.0 Å². The third-order valence-electron chi connectivity index (χ3n) is 5.10. The summed E-state index contributed by atoms with van der Waals surface area (Å²) in [4.78, 5) is 16.7. The molecule has 0 fully saturated rings. The number of halogens is 1. The van der Waals surface area contributed by atoms with Crippen LogP contribution < -0.4 is 14.2 Å². The van der Waals surface area contributed by atoms with Crippen LogP contribution >= 0.6 is 11.6 Å². The lowest BCUT2D eigenvalue weighted by atomic mass is 10.1. The van der Waals surface area contributed by atoms with Crippen molar-refractivity contribution in [2.24, 2.45) is 0 Å². The lowest BCUT2D eigenvalue weighted by Gasteiger charge is -2.13. The summed E-state index contributed by atoms with van der Waals surface area (Å²) in [7, 11) is 4.67. The van der Waals surface area contributed by atoms with Gasteiger partial charge in [-0.1, -0.05) is 29.8 Å². The minimum atomic E-state index is -0.250. The van der Waals surface area contributed by atoms with Gasteiger partial charge < -0.3 is 14.2 Å². The molecule has 0 amide bonds. The Bertz CT molecular complexity index is 1310. The maximum atomic E-state index is 12.7. The van der Waals surface area contributed by atoms with E-state index in [0.29, 0.717) is 33.7 Å². The van der Waals surface area contributed by atoms with E-state index >= 15 is 0 Å². The minimum Gasteiger partial charge on any atom is -0.493 e. The highest BCUT2D eigenvalue weighted by molar-refractivity contribution is 6.30. The standard InChI is InChI=1S/C26H22ClN3O4/c1-32-23-13-18(14-24(33-2)26(23)34-3)25-17(16-30(29-25)20-7-5-4-6-8-20)9-12-22(31)21-11-10-19(27)15-28-21/h4-16H,1-3H3/b12-9-. The molecule has 0 aliphatic heterocycles. The molecule has 4 aromatic rings. The number of carbonyl (C=O) groups excluding carboxylic acids is 1. The normalized spacial score (nSPS) is 10.9. The van der Waals surface area contributed by atoms with E-state index in [1.54, 1.807) is 44.2 Å². The number of hydrogen-bond donors (Lipinski definition) is 0. The van der Waals surface area contributed by atoms with E-state index in [1.165, 1.54) is 12.3 Å². The number of benzene rings is 2. The maximum Gasteiger partial charge on any atom is 0.204 e. The second-order valence-corrected chi connectivity index (χ2v) is 7.62. The molecule has 0 N–H and O–H groups in total. The Balaban J connectivity index is 1.81. The Kier molecular flexibility index (Phi) is 6.94. The van der Waals surface area contributed by atoms with Gasteiger partial charge in [0, 0.05) is 23.5 Å². The highest BCUT2D eigenvalue weighted by Crippen LogP contribution is 2.41. The summed E-state index contributed by atoms with van der Waals surface area (Å²) in [5.41, 5.74) is 3.27. The number of nitrogens with zero attached hydrogens (tertiary/aromatic N) is 3. The Morgan fingerprint density at radius 1 is 0.971 bits per heavy atom. The van der Waals surface area contributed by atoms with Gasteiger partial charge in [-0.2, -0.15) is 5.10 Å². The number of aromatic nitrogens is 3. The molecule has 0 spiro atoms. The van der Waals surface area contributed by atoms with Gasteiger partial charge in [-0.05, 0) is 48.6 Å². The molecule has 2 heterocycles. The van der Waals surface area contributed by atoms with Gasteiger partial charge >= 0.3 is 0 Å². The van der Waals surface area contributed by atoms with Crippen molar-refractivity contribution in [2.45, 2.75) is 0 Å². The molecular formula is C26H22ClN3O4. The van der Waals surface area contributed by atoms with Crippen LogP contribution in [0.3, 0.4) is 0 Å². The summed E-state index contributed by atoms with van der Waals surface area (Å²) >= 11 is 5.88. The monoisotopic (exact) mass is 475 g/mol. The van der Waals surface area contributed by atoms with Crippen LogP contribution in [0.1, 0.15) is 16.1 Å². The molecule has 0 bridgehead atoms. The van der Waals surface area contributed by atoms with Crippen LogP contribution in [0.5, 0.6) is 17.2 Å². The molecule has 0 aliphatic rings. The molecule has 2 aromatic heterocycles. The van der Waals surface area contributed by atoms with Crippen LogP contribution in [0.15, 0.2) is 73.1 Å². The maximum absolute atomic E-state index is 12.7. The Hall–Kier alpha value is -4.10. The summed E-state index contributed by atoms with van der Waals surface area (Å²) < 4.78 is 18.2. The summed E-state index contributed by atoms with van der Waals surface area (Å²) in [6.07, 6.45) is 6.47. The molecule has 7 nitrogen and oxygen atoms in total. The van der Waals surface area contributed by atoms with Gasteiger partial charge in [0.15, 0.2) is 11.5 Å². The first-order chi connectivity index (χ1) is 16.5. The van der Waals surface area contributed by atoms with Gasteiger partial charge in [0.1, 0.15) is 11.4 Å². The molecular weight excluding hydrogens is 454 g/mol. The van der Waals surface area contributed by atoms with Gasteiger partial charge in [-0.3, -0.25) is 9.78 Å². The highest BCUT2D eigenvalue weighted by atomic mass is 35.5. The van der Waals surface area contributed by atoms with Crippen molar-refractivity contribution in [3.05, 3.63) is 89.3 Å². The van der Waals surface area contributed by atoms with Crippen LogP contribution in [0.2, 0.25) is 5.02 Å². The van der Waals surface area contributed by atoms with Crippen molar-refractivity contribution < 1.29 is 19.0 Å². The van der Waals surface area contributed by atoms with Crippen molar-refractivity contribution in [2.75, 3.05) is 21.3 Å². The van der Waals surface area contributed by atoms with Crippen molar-refractivity contribution >= 4 is 23.5 Å². The highest BCUT2D eigenvalue weighted by Gasteiger charge is 2.18. The molecule has 0 radical (unpaired) electrons. The van der Waals surface area contributed by atoms with Crippen LogP contribution in [-0.2, 0) is 0 Å². The Morgan fingerprint density at radius 2 is 1.68 bits per heavy atom. The smallest absolute Gasteiger partial charge is 0.204 e. The molecule has 172 valence electrons. The van der Waals surface area contributed by atoms with Crippen LogP contribution in [0.4, 0.5) is 0 Å². The van der Waals surface area contributed by atoms with E-state index in [9.17, 15) is 4.79 Å². The summed E-state index contributed by atoms with van der Waals surface area (Å²) in [5, 5.41) is 5.26. The SMILES string of the molecule is COc1cc(-c2nn(-c3ccccc3)cc2/C=C\C(=O)c2ccc(Cl)cn2)cc(OC)c1OC. The first kappa shape index (κ1) is 23.1. The predicted octanol–water partition coefficient (Wildman–Crippen LogP) is 5.51. The van der Waals surface area contributed by atoms with Gasteiger partial charge in [-0.25, -0.2) is 4.68 Å². The second-order valence-electron chi connectivity index (χ2n) is 7.19. The van der Waals surface area contributed by atoms with Crippen molar-refractivity contribution in [3.63, 3.8) is 0 Å². The first-order valence-corrected chi connectivity index (χ1v) is 10.7. The van der Waals surface area contributed by atoms with Gasteiger partial charge in [-0.15, -0.1) is 0 Å². The largest absolute Gasteiger partial charge is 0.493 e. The molecule has 0 atom stereocenters. The van der Waals surface area contributed by atoms with Crippen molar-refractivity contribution in [1.29, 1.82) is 0 Å². The number of rotatable bonds is 8. The fourth-order valence-electron chi connectivity index (χ4n) is 3.44. The average Bonchev–Trinajstić information content (AvgIpc) is 3.31. The molecule has 34 heavy (non-hydrogen) atoms. The van der Waals surface area contributed by atoms with E-state index in [0.717, 1.165) is 16.8 Å². The number of ether oxygens (including phenoxy) is 3. The second kappa shape index (κ2) is 10.2. The predicted molar refractivity (Wildman–Crippen MR) is 131 cm³/mol. The topological polar surface area (TPSA) is 75.5 Å². The number of hydrogen-bond acceptors (Lipinski definition) is 6. The minimum absolute atomic E-state index is 0.250.